The second-order valence-corrected chi connectivity index (χ2v) is 8.44. The number of halogens is 1. The topological polar surface area (TPSA) is 38.8 Å². The predicted molar refractivity (Wildman–Crippen MR) is 114 cm³/mol. The number of amides is 1. The highest BCUT2D eigenvalue weighted by Gasteiger charge is 2.28. The minimum atomic E-state index is 0.191. The molecule has 0 atom stereocenters. The number of nitrogens with zero attached hydrogens (tertiary/aromatic N) is 1. The molecular formula is C24H28ClNO3. The summed E-state index contributed by atoms with van der Waals surface area (Å²) in [5, 5.41) is 0.729. The molecule has 0 spiro atoms. The lowest BCUT2D eigenvalue weighted by atomic mass is 9.88. The Bertz CT molecular complexity index is 831. The number of hydrogen-bond acceptors (Lipinski definition) is 3. The fourth-order valence-electron chi connectivity index (χ4n) is 4.20. The van der Waals surface area contributed by atoms with Crippen molar-refractivity contribution in [1.29, 1.82) is 0 Å². The second-order valence-electron chi connectivity index (χ2n) is 8.00. The minimum absolute atomic E-state index is 0.191. The summed E-state index contributed by atoms with van der Waals surface area (Å²) in [6.45, 7) is 2.89. The van der Waals surface area contributed by atoms with E-state index in [1.165, 1.54) is 19.3 Å². The van der Waals surface area contributed by atoms with Crippen molar-refractivity contribution in [3.05, 3.63) is 64.2 Å². The Kier molecular flexibility index (Phi) is 6.73. The van der Waals surface area contributed by atoms with Crippen molar-refractivity contribution < 1.29 is 14.3 Å². The van der Waals surface area contributed by atoms with Gasteiger partial charge in [0.05, 0.1) is 19.8 Å². The van der Waals surface area contributed by atoms with Gasteiger partial charge in [0.25, 0.3) is 0 Å². The fourth-order valence-corrected chi connectivity index (χ4v) is 4.33. The third kappa shape index (κ3) is 5.31. The first-order valence-corrected chi connectivity index (χ1v) is 10.9. The van der Waals surface area contributed by atoms with Crippen LogP contribution in [0.2, 0.25) is 5.02 Å². The first-order chi connectivity index (χ1) is 14.2. The van der Waals surface area contributed by atoms with Gasteiger partial charge < -0.3 is 14.4 Å². The molecule has 0 bridgehead atoms. The molecule has 0 saturated heterocycles. The predicted octanol–water partition coefficient (Wildman–Crippen LogP) is 5.36. The second kappa shape index (κ2) is 9.64. The SMILES string of the molecule is O=C(C1CCCCC1)N1CCOc2ccc(COCc3ccc(Cl)cc3)cc2C1. The van der Waals surface area contributed by atoms with Gasteiger partial charge >= 0.3 is 0 Å². The summed E-state index contributed by atoms with van der Waals surface area (Å²) in [7, 11) is 0. The van der Waals surface area contributed by atoms with Crippen molar-refractivity contribution in [2.75, 3.05) is 13.2 Å². The van der Waals surface area contributed by atoms with E-state index in [-0.39, 0.29) is 5.92 Å². The number of hydrogen-bond donors (Lipinski definition) is 0. The van der Waals surface area contributed by atoms with Crippen molar-refractivity contribution in [2.24, 2.45) is 5.92 Å². The third-order valence-corrected chi connectivity index (χ3v) is 6.07. The quantitative estimate of drug-likeness (QED) is 0.662. The molecule has 0 N–H and O–H groups in total. The normalized spacial score (nSPS) is 17.3. The summed E-state index contributed by atoms with van der Waals surface area (Å²) >= 11 is 5.93. The Balaban J connectivity index is 1.38. The van der Waals surface area contributed by atoms with Gasteiger partial charge in [0, 0.05) is 23.0 Å². The fraction of sp³-hybridized carbons (Fsp3) is 0.458. The number of rotatable bonds is 5. The number of fused-ring (bicyclic) bond motifs is 1. The van der Waals surface area contributed by atoms with Gasteiger partial charge in [0.1, 0.15) is 12.4 Å². The maximum atomic E-state index is 13.0. The average molecular weight is 414 g/mol. The zero-order valence-corrected chi connectivity index (χ0v) is 17.5. The van der Waals surface area contributed by atoms with Crippen molar-refractivity contribution >= 4 is 17.5 Å². The van der Waals surface area contributed by atoms with E-state index in [0.717, 1.165) is 40.3 Å². The maximum absolute atomic E-state index is 13.0. The van der Waals surface area contributed by atoms with Crippen LogP contribution in [0.15, 0.2) is 42.5 Å². The highest BCUT2D eigenvalue weighted by Crippen LogP contribution is 2.29. The van der Waals surface area contributed by atoms with Crippen molar-refractivity contribution in [1.82, 2.24) is 4.90 Å². The van der Waals surface area contributed by atoms with Gasteiger partial charge in [-0.15, -0.1) is 0 Å². The molecule has 29 heavy (non-hydrogen) atoms. The van der Waals surface area contributed by atoms with Gasteiger partial charge in [-0.3, -0.25) is 4.79 Å². The van der Waals surface area contributed by atoms with Crippen LogP contribution < -0.4 is 4.74 Å². The zero-order valence-electron chi connectivity index (χ0n) is 16.7. The molecular weight excluding hydrogens is 386 g/mol. The van der Waals surface area contributed by atoms with Crippen LogP contribution in [0.5, 0.6) is 5.75 Å². The molecule has 1 aliphatic heterocycles. The molecule has 2 aromatic carbocycles. The van der Waals surface area contributed by atoms with Crippen molar-refractivity contribution in [2.45, 2.75) is 51.9 Å². The van der Waals surface area contributed by atoms with Gasteiger partial charge in [-0.2, -0.15) is 0 Å². The van der Waals surface area contributed by atoms with Crippen LogP contribution in [-0.2, 0) is 29.3 Å². The van der Waals surface area contributed by atoms with Gasteiger partial charge in [-0.05, 0) is 48.2 Å². The largest absolute Gasteiger partial charge is 0.491 e. The van der Waals surface area contributed by atoms with E-state index >= 15 is 0 Å². The highest BCUT2D eigenvalue weighted by atomic mass is 35.5. The summed E-state index contributed by atoms with van der Waals surface area (Å²) in [4.78, 5) is 15.0. The Labute approximate surface area is 177 Å². The first kappa shape index (κ1) is 20.2. The standard InChI is InChI=1S/C24H28ClNO3/c25-22-9-6-18(7-10-22)16-28-17-19-8-11-23-21(14-19)15-26(12-13-29-23)24(27)20-4-2-1-3-5-20/h6-11,14,20H,1-5,12-13,15-17H2. The summed E-state index contributed by atoms with van der Waals surface area (Å²) in [5.41, 5.74) is 3.25. The molecule has 2 aliphatic rings. The summed E-state index contributed by atoms with van der Waals surface area (Å²) in [5.74, 6) is 1.37. The van der Waals surface area contributed by atoms with Crippen LogP contribution in [0.3, 0.4) is 0 Å². The monoisotopic (exact) mass is 413 g/mol. The number of ether oxygens (including phenoxy) is 2. The molecule has 0 radical (unpaired) electrons. The van der Waals surface area contributed by atoms with E-state index in [0.29, 0.717) is 38.8 Å². The van der Waals surface area contributed by atoms with Crippen LogP contribution in [0.25, 0.3) is 0 Å². The van der Waals surface area contributed by atoms with E-state index in [1.807, 2.05) is 41.3 Å². The summed E-state index contributed by atoms with van der Waals surface area (Å²) < 4.78 is 11.8. The molecule has 4 nitrogen and oxygen atoms in total. The number of carbonyl (C=O) groups is 1. The maximum Gasteiger partial charge on any atom is 0.226 e. The first-order valence-electron chi connectivity index (χ1n) is 10.5. The van der Waals surface area contributed by atoms with Gasteiger partial charge in [-0.1, -0.05) is 49.1 Å². The van der Waals surface area contributed by atoms with E-state index in [1.54, 1.807) is 0 Å². The Morgan fingerprint density at radius 1 is 1.03 bits per heavy atom. The Morgan fingerprint density at radius 3 is 2.55 bits per heavy atom. The van der Waals surface area contributed by atoms with E-state index in [2.05, 4.69) is 6.07 Å². The van der Waals surface area contributed by atoms with E-state index < -0.39 is 0 Å². The van der Waals surface area contributed by atoms with Crippen LogP contribution >= 0.6 is 11.6 Å². The molecule has 1 amide bonds. The van der Waals surface area contributed by atoms with Crippen LogP contribution in [0.4, 0.5) is 0 Å². The lowest BCUT2D eigenvalue weighted by Crippen LogP contribution is -2.37. The molecule has 2 aromatic rings. The van der Waals surface area contributed by atoms with Crippen LogP contribution in [-0.4, -0.2) is 24.0 Å². The molecule has 0 unspecified atom stereocenters. The molecule has 1 saturated carbocycles. The molecule has 0 aromatic heterocycles. The van der Waals surface area contributed by atoms with Gasteiger partial charge in [-0.25, -0.2) is 0 Å². The van der Waals surface area contributed by atoms with Gasteiger partial charge in [0.15, 0.2) is 0 Å². The number of carbonyl (C=O) groups excluding carboxylic acids is 1. The molecule has 1 fully saturated rings. The Hall–Kier alpha value is -2.04. The van der Waals surface area contributed by atoms with Gasteiger partial charge in [0.2, 0.25) is 5.91 Å². The molecule has 1 aliphatic carbocycles. The molecule has 4 rings (SSSR count). The molecule has 154 valence electrons. The van der Waals surface area contributed by atoms with E-state index in [4.69, 9.17) is 21.1 Å². The number of benzene rings is 2. The van der Waals surface area contributed by atoms with Crippen molar-refractivity contribution in [3.8, 4) is 5.75 Å². The van der Waals surface area contributed by atoms with E-state index in [9.17, 15) is 4.79 Å². The highest BCUT2D eigenvalue weighted by molar-refractivity contribution is 6.30. The molecule has 5 heteroatoms. The average Bonchev–Trinajstić information content (AvgIpc) is 2.97. The van der Waals surface area contributed by atoms with Crippen LogP contribution in [0.1, 0.15) is 48.8 Å². The van der Waals surface area contributed by atoms with Crippen LogP contribution in [0, 0.1) is 5.92 Å². The lowest BCUT2D eigenvalue weighted by molar-refractivity contribution is -0.137. The summed E-state index contributed by atoms with van der Waals surface area (Å²) in [6.07, 6.45) is 5.66. The Morgan fingerprint density at radius 2 is 1.76 bits per heavy atom. The molecule has 1 heterocycles. The third-order valence-electron chi connectivity index (χ3n) is 5.82. The summed E-state index contributed by atoms with van der Waals surface area (Å²) in [6, 6.07) is 13.9. The lowest BCUT2D eigenvalue weighted by Gasteiger charge is -2.28. The smallest absolute Gasteiger partial charge is 0.226 e. The minimum Gasteiger partial charge on any atom is -0.491 e. The van der Waals surface area contributed by atoms with Crippen molar-refractivity contribution in [3.63, 3.8) is 0 Å². The zero-order chi connectivity index (χ0) is 20.1.